The predicted molar refractivity (Wildman–Crippen MR) is 101 cm³/mol. The van der Waals surface area contributed by atoms with Crippen LogP contribution in [0.1, 0.15) is 45.4 Å². The Kier molecular flexibility index (Phi) is 7.35. The lowest BCUT2D eigenvalue weighted by Gasteiger charge is -2.32. The maximum atomic E-state index is 11.7. The van der Waals surface area contributed by atoms with Crippen LogP contribution in [0, 0.1) is 5.41 Å². The quantitative estimate of drug-likeness (QED) is 0.560. The molecule has 1 aliphatic carbocycles. The van der Waals surface area contributed by atoms with Gasteiger partial charge in [-0.2, -0.15) is 0 Å². The van der Waals surface area contributed by atoms with E-state index < -0.39 is 0 Å². The van der Waals surface area contributed by atoms with Gasteiger partial charge < -0.3 is 25.6 Å². The lowest BCUT2D eigenvalue weighted by atomic mass is 9.86. The van der Waals surface area contributed by atoms with Gasteiger partial charge in [-0.15, -0.1) is 0 Å². The van der Waals surface area contributed by atoms with E-state index in [9.17, 15) is 4.79 Å². The molecule has 0 atom stereocenters. The maximum absolute atomic E-state index is 11.7. The summed E-state index contributed by atoms with van der Waals surface area (Å²) in [6.07, 6.45) is 6.59. The van der Waals surface area contributed by atoms with Gasteiger partial charge in [0, 0.05) is 37.6 Å². The molecule has 1 saturated carbocycles. The van der Waals surface area contributed by atoms with Crippen molar-refractivity contribution >= 4 is 12.1 Å². The van der Waals surface area contributed by atoms with Crippen molar-refractivity contribution in [1.29, 1.82) is 0 Å². The van der Waals surface area contributed by atoms with E-state index in [0.29, 0.717) is 25.7 Å². The number of carbonyl (C=O) groups is 1. The lowest BCUT2D eigenvalue weighted by Crippen LogP contribution is -2.49. The molecule has 2 aliphatic rings. The SMILES string of the molecule is CCOC(=O)N1CCC(NC(N)=NCC2(CN(C)C)CCCC2)CC1. The number of hydrogen-bond acceptors (Lipinski definition) is 4. The van der Waals surface area contributed by atoms with Crippen LogP contribution in [0.15, 0.2) is 4.99 Å². The van der Waals surface area contributed by atoms with E-state index in [1.807, 2.05) is 6.92 Å². The van der Waals surface area contributed by atoms with Crippen molar-refractivity contribution in [2.24, 2.45) is 16.1 Å². The Hall–Kier alpha value is -1.50. The van der Waals surface area contributed by atoms with Crippen molar-refractivity contribution < 1.29 is 9.53 Å². The zero-order valence-corrected chi connectivity index (χ0v) is 16.1. The molecule has 144 valence electrons. The molecule has 0 aromatic carbocycles. The number of piperidine rings is 1. The molecule has 0 radical (unpaired) electrons. The van der Waals surface area contributed by atoms with Crippen LogP contribution in [0.2, 0.25) is 0 Å². The highest BCUT2D eigenvalue weighted by Gasteiger charge is 2.34. The van der Waals surface area contributed by atoms with Crippen LogP contribution in [0.4, 0.5) is 4.79 Å². The third-order valence-electron chi connectivity index (χ3n) is 5.27. The van der Waals surface area contributed by atoms with Crippen molar-refractivity contribution in [1.82, 2.24) is 15.1 Å². The molecule has 1 heterocycles. The highest BCUT2D eigenvalue weighted by molar-refractivity contribution is 5.78. The van der Waals surface area contributed by atoms with Gasteiger partial charge in [0.15, 0.2) is 5.96 Å². The number of amides is 1. The Morgan fingerprint density at radius 2 is 1.96 bits per heavy atom. The molecule has 2 fully saturated rings. The van der Waals surface area contributed by atoms with E-state index in [0.717, 1.165) is 25.9 Å². The van der Waals surface area contributed by atoms with Gasteiger partial charge in [0.2, 0.25) is 0 Å². The Labute approximate surface area is 152 Å². The summed E-state index contributed by atoms with van der Waals surface area (Å²) in [4.78, 5) is 20.4. The summed E-state index contributed by atoms with van der Waals surface area (Å²) >= 11 is 0. The third kappa shape index (κ3) is 6.06. The highest BCUT2D eigenvalue weighted by Crippen LogP contribution is 2.38. The number of aliphatic imine (C=N–C) groups is 1. The number of likely N-dealkylation sites (tertiary alicyclic amines) is 1. The minimum atomic E-state index is -0.213. The Morgan fingerprint density at radius 1 is 1.32 bits per heavy atom. The van der Waals surface area contributed by atoms with Crippen LogP contribution in [-0.2, 0) is 4.74 Å². The second-order valence-electron chi connectivity index (χ2n) is 7.75. The molecule has 0 unspecified atom stereocenters. The molecule has 0 spiro atoms. The van der Waals surface area contributed by atoms with E-state index in [1.54, 1.807) is 4.90 Å². The third-order valence-corrected chi connectivity index (χ3v) is 5.27. The Bertz CT molecular complexity index is 452. The average molecular weight is 354 g/mol. The topological polar surface area (TPSA) is 83.2 Å². The number of carbonyl (C=O) groups excluding carboxylic acids is 1. The zero-order valence-electron chi connectivity index (χ0n) is 16.1. The second-order valence-corrected chi connectivity index (χ2v) is 7.75. The van der Waals surface area contributed by atoms with E-state index in [2.05, 4.69) is 29.3 Å². The van der Waals surface area contributed by atoms with Crippen molar-refractivity contribution in [3.8, 4) is 0 Å². The summed E-state index contributed by atoms with van der Waals surface area (Å²) < 4.78 is 5.05. The molecular weight excluding hydrogens is 318 g/mol. The Morgan fingerprint density at radius 3 is 2.52 bits per heavy atom. The normalized spacial score (nSPS) is 21.6. The van der Waals surface area contributed by atoms with E-state index >= 15 is 0 Å². The van der Waals surface area contributed by atoms with Gasteiger partial charge in [-0.05, 0) is 46.7 Å². The van der Waals surface area contributed by atoms with Gasteiger partial charge in [0.05, 0.1) is 6.61 Å². The number of nitrogens with zero attached hydrogens (tertiary/aromatic N) is 3. The van der Waals surface area contributed by atoms with Gasteiger partial charge >= 0.3 is 6.09 Å². The molecule has 0 aromatic rings. The van der Waals surface area contributed by atoms with Crippen LogP contribution in [0.25, 0.3) is 0 Å². The minimum absolute atomic E-state index is 0.213. The summed E-state index contributed by atoms with van der Waals surface area (Å²) in [5, 5.41) is 3.34. The largest absolute Gasteiger partial charge is 0.450 e. The molecular formula is C18H35N5O2. The van der Waals surface area contributed by atoms with Gasteiger partial charge in [-0.1, -0.05) is 12.8 Å². The van der Waals surface area contributed by atoms with Crippen molar-refractivity contribution in [3.63, 3.8) is 0 Å². The van der Waals surface area contributed by atoms with Crippen molar-refractivity contribution in [2.75, 3.05) is 46.9 Å². The summed E-state index contributed by atoms with van der Waals surface area (Å²) in [5.41, 5.74) is 6.42. The first kappa shape index (κ1) is 19.8. The molecule has 7 nitrogen and oxygen atoms in total. The molecule has 7 heteroatoms. The average Bonchev–Trinajstić information content (AvgIpc) is 3.02. The number of guanidine groups is 1. The second kappa shape index (κ2) is 9.27. The first-order valence-electron chi connectivity index (χ1n) is 9.57. The first-order chi connectivity index (χ1) is 11.9. The molecule has 25 heavy (non-hydrogen) atoms. The number of nitrogens with two attached hydrogens (primary N) is 1. The molecule has 0 aromatic heterocycles. The molecule has 2 rings (SSSR count). The summed E-state index contributed by atoms with van der Waals surface area (Å²) in [6, 6.07) is 0.280. The van der Waals surface area contributed by atoms with Crippen LogP contribution in [-0.4, -0.2) is 74.8 Å². The van der Waals surface area contributed by atoms with Crippen LogP contribution < -0.4 is 11.1 Å². The molecule has 3 N–H and O–H groups in total. The van der Waals surface area contributed by atoms with Gasteiger partial charge in [-0.25, -0.2) is 4.79 Å². The maximum Gasteiger partial charge on any atom is 0.409 e. The monoisotopic (exact) mass is 353 g/mol. The standard InChI is InChI=1S/C18H35N5O2/c1-4-25-17(24)23-11-7-15(8-12-23)21-16(19)20-13-18(14-22(2)3)9-5-6-10-18/h15H,4-14H2,1-3H3,(H3,19,20,21). The number of rotatable bonds is 6. The van der Waals surface area contributed by atoms with E-state index in [4.69, 9.17) is 10.5 Å². The molecule has 1 aliphatic heterocycles. The number of nitrogens with one attached hydrogen (secondary N) is 1. The first-order valence-corrected chi connectivity index (χ1v) is 9.57. The molecule has 1 amide bonds. The van der Waals surface area contributed by atoms with Crippen molar-refractivity contribution in [2.45, 2.75) is 51.5 Å². The van der Waals surface area contributed by atoms with Crippen LogP contribution in [0.5, 0.6) is 0 Å². The van der Waals surface area contributed by atoms with Gasteiger partial charge in [-0.3, -0.25) is 4.99 Å². The number of ether oxygens (including phenoxy) is 1. The van der Waals surface area contributed by atoms with Gasteiger partial charge in [0.25, 0.3) is 0 Å². The van der Waals surface area contributed by atoms with Gasteiger partial charge in [0.1, 0.15) is 0 Å². The fourth-order valence-electron chi connectivity index (χ4n) is 4.09. The summed E-state index contributed by atoms with van der Waals surface area (Å²) in [5.74, 6) is 0.541. The highest BCUT2D eigenvalue weighted by atomic mass is 16.6. The van der Waals surface area contributed by atoms with E-state index in [1.165, 1.54) is 25.7 Å². The fourth-order valence-corrected chi connectivity index (χ4v) is 4.09. The Balaban J connectivity index is 1.78. The lowest BCUT2D eigenvalue weighted by molar-refractivity contribution is 0.0963. The zero-order chi connectivity index (χ0) is 18.3. The summed E-state index contributed by atoms with van der Waals surface area (Å²) in [6.45, 7) is 5.53. The fraction of sp³-hybridized carbons (Fsp3) is 0.889. The molecule has 0 bridgehead atoms. The van der Waals surface area contributed by atoms with Crippen LogP contribution >= 0.6 is 0 Å². The van der Waals surface area contributed by atoms with Crippen LogP contribution in [0.3, 0.4) is 0 Å². The smallest absolute Gasteiger partial charge is 0.409 e. The predicted octanol–water partition coefficient (Wildman–Crippen LogP) is 1.63. The molecule has 1 saturated heterocycles. The number of hydrogen-bond donors (Lipinski definition) is 2. The van der Waals surface area contributed by atoms with E-state index in [-0.39, 0.29) is 17.6 Å². The summed E-state index contributed by atoms with van der Waals surface area (Å²) in [7, 11) is 4.26. The minimum Gasteiger partial charge on any atom is -0.450 e. The van der Waals surface area contributed by atoms with Crippen molar-refractivity contribution in [3.05, 3.63) is 0 Å².